The minimum Gasteiger partial charge on any atom is -0.269 e. The third kappa shape index (κ3) is 2.14. The van der Waals surface area contributed by atoms with Gasteiger partial charge in [-0.25, -0.2) is 4.39 Å². The first-order valence-corrected chi connectivity index (χ1v) is 3.67. The van der Waals surface area contributed by atoms with E-state index in [1.165, 1.54) is 0 Å². The third-order valence-electron chi connectivity index (χ3n) is 2.29. The highest BCUT2D eigenvalue weighted by atomic mass is 19.1. The smallest absolute Gasteiger partial charge is 0.119 e. The summed E-state index contributed by atoms with van der Waals surface area (Å²) >= 11 is 0. The summed E-state index contributed by atoms with van der Waals surface area (Å²) in [7, 11) is 0. The number of hydrogen-bond donors (Lipinski definition) is 0. The van der Waals surface area contributed by atoms with E-state index in [0.29, 0.717) is 11.8 Å². The van der Waals surface area contributed by atoms with Crippen molar-refractivity contribution in [1.82, 2.24) is 0 Å². The van der Waals surface area contributed by atoms with Crippen LogP contribution in [0.4, 0.5) is 9.09 Å². The van der Waals surface area contributed by atoms with Gasteiger partial charge in [-0.15, -0.1) is 0 Å². The normalized spacial score (nSPS) is 30.2. The van der Waals surface area contributed by atoms with E-state index in [1.807, 2.05) is 13.8 Å². The fraction of sp³-hybridized carbons (Fsp3) is 0.556. The molecule has 2 unspecified atom stereocenters. The number of rotatable bonds is 0. The van der Waals surface area contributed by atoms with E-state index in [0.717, 1.165) is 5.57 Å². The predicted molar refractivity (Wildman–Crippen MR) is 43.8 cm³/mol. The molecule has 0 aromatic carbocycles. The van der Waals surface area contributed by atoms with Gasteiger partial charge in [-0.1, -0.05) is 19.4 Å². The quantitative estimate of drug-likeness (QED) is 0.510. The van der Waals surface area contributed by atoms with Gasteiger partial charge in [0.2, 0.25) is 0 Å². The average Bonchev–Trinajstić information content (AvgIpc) is 1.82. The van der Waals surface area contributed by atoms with Gasteiger partial charge < -0.3 is 0 Å². The molecule has 0 bridgehead atoms. The predicted octanol–water partition coefficient (Wildman–Crippen LogP) is 3.22. The maximum absolute atomic E-state index is 12.6. The lowest BCUT2D eigenvalue weighted by Gasteiger charge is -2.20. The zero-order chi connectivity index (χ0) is 7.72. The molecule has 0 fully saturated rings. The molecule has 0 N–H and O–H groups in total. The van der Waals surface area contributed by atoms with Crippen LogP contribution in [0.3, 0.4) is 0 Å². The van der Waals surface area contributed by atoms with E-state index in [2.05, 4.69) is 6.92 Å². The van der Waals surface area contributed by atoms with Gasteiger partial charge in [-0.3, -0.25) is 4.70 Å². The van der Waals surface area contributed by atoms with Crippen molar-refractivity contribution in [3.8, 4) is 0 Å². The number of hydrogen-bond acceptors (Lipinski definition) is 0. The summed E-state index contributed by atoms with van der Waals surface area (Å²) in [6.07, 6.45) is 3.29. The van der Waals surface area contributed by atoms with E-state index in [4.69, 9.17) is 0 Å². The Morgan fingerprint density at radius 3 is 2.36 bits per heavy atom. The molecule has 0 radical (unpaired) electrons. The molecule has 0 aromatic heterocycles. The van der Waals surface area contributed by atoms with Gasteiger partial charge in [0.15, 0.2) is 0 Å². The Morgan fingerprint density at radius 1 is 1.36 bits per heavy atom. The molecule has 1 aliphatic carbocycles. The summed E-state index contributed by atoms with van der Waals surface area (Å²) in [5.41, 5.74) is 1.15. The minimum absolute atomic E-state index is 0. The monoisotopic (exact) mass is 160 g/mol. The van der Waals surface area contributed by atoms with Crippen molar-refractivity contribution in [3.63, 3.8) is 0 Å². The van der Waals surface area contributed by atoms with Crippen molar-refractivity contribution in [3.05, 3.63) is 23.6 Å². The topological polar surface area (TPSA) is 0 Å². The molecule has 0 nitrogen and oxygen atoms in total. The summed E-state index contributed by atoms with van der Waals surface area (Å²) in [5, 5.41) is 0. The van der Waals surface area contributed by atoms with Crippen LogP contribution in [-0.4, -0.2) is 0 Å². The summed E-state index contributed by atoms with van der Waals surface area (Å²) in [6.45, 7) is 6.15. The van der Waals surface area contributed by atoms with Crippen LogP contribution in [0.1, 0.15) is 20.8 Å². The van der Waals surface area contributed by atoms with Crippen LogP contribution in [0.2, 0.25) is 0 Å². The Kier molecular flexibility index (Phi) is 3.43. The molecule has 2 atom stereocenters. The van der Waals surface area contributed by atoms with Crippen LogP contribution in [0.5, 0.6) is 0 Å². The summed E-state index contributed by atoms with van der Waals surface area (Å²) in [6, 6.07) is 0. The molecule has 1 aliphatic rings. The maximum atomic E-state index is 12.6. The molecule has 1 rings (SSSR count). The summed E-state index contributed by atoms with van der Waals surface area (Å²) < 4.78 is 12.6. The highest BCUT2D eigenvalue weighted by molar-refractivity contribution is 5.25. The standard InChI is InChI=1S/C9H13F.FH/c1-6-4-9(10)5-7(2)8(6)3;/h4-6,8H,1-3H3;1H. The zero-order valence-corrected chi connectivity index (χ0v) is 7.10. The molecule has 0 saturated heterocycles. The molecule has 64 valence electrons. The largest absolute Gasteiger partial charge is 0.269 e. The first-order valence-electron chi connectivity index (χ1n) is 3.67. The third-order valence-corrected chi connectivity index (χ3v) is 2.29. The van der Waals surface area contributed by atoms with Gasteiger partial charge in [0.1, 0.15) is 5.83 Å². The Labute approximate surface area is 66.2 Å². The van der Waals surface area contributed by atoms with Crippen LogP contribution in [-0.2, 0) is 0 Å². The summed E-state index contributed by atoms with van der Waals surface area (Å²) in [5.74, 6) is 0.771. The van der Waals surface area contributed by atoms with Gasteiger partial charge in [0.05, 0.1) is 0 Å². The van der Waals surface area contributed by atoms with Crippen LogP contribution >= 0.6 is 0 Å². The molecule has 0 aliphatic heterocycles. The second kappa shape index (κ2) is 3.65. The van der Waals surface area contributed by atoms with E-state index in [1.54, 1.807) is 12.2 Å². The molecule has 0 amide bonds. The van der Waals surface area contributed by atoms with Crippen LogP contribution in [0.25, 0.3) is 0 Å². The molecule has 0 aromatic rings. The van der Waals surface area contributed by atoms with E-state index >= 15 is 0 Å². The van der Waals surface area contributed by atoms with Crippen LogP contribution in [0, 0.1) is 11.8 Å². The van der Waals surface area contributed by atoms with Crippen molar-refractivity contribution in [1.29, 1.82) is 0 Å². The van der Waals surface area contributed by atoms with Crippen LogP contribution < -0.4 is 0 Å². The molecule has 11 heavy (non-hydrogen) atoms. The van der Waals surface area contributed by atoms with E-state index < -0.39 is 0 Å². The Morgan fingerprint density at radius 2 is 1.91 bits per heavy atom. The molecule has 0 spiro atoms. The fourth-order valence-electron chi connectivity index (χ4n) is 1.21. The van der Waals surface area contributed by atoms with Gasteiger partial charge in [-0.05, 0) is 30.9 Å². The molecule has 0 heterocycles. The molecular weight excluding hydrogens is 146 g/mol. The van der Waals surface area contributed by atoms with Gasteiger partial charge in [-0.2, -0.15) is 0 Å². The molecule has 2 heteroatoms. The Bertz CT molecular complexity index is 192. The van der Waals surface area contributed by atoms with E-state index in [-0.39, 0.29) is 10.5 Å². The Balaban J connectivity index is 0.000001000. The molecular formula is C9H14F2. The first-order chi connectivity index (χ1) is 4.61. The average molecular weight is 160 g/mol. The second-order valence-corrected chi connectivity index (χ2v) is 3.09. The van der Waals surface area contributed by atoms with Gasteiger partial charge in [0.25, 0.3) is 0 Å². The van der Waals surface area contributed by atoms with Crippen molar-refractivity contribution in [2.24, 2.45) is 11.8 Å². The highest BCUT2D eigenvalue weighted by Gasteiger charge is 2.16. The SMILES string of the molecule is CC1=CC(F)=CC(C)C1C.F. The molecule has 0 saturated carbocycles. The lowest BCUT2D eigenvalue weighted by molar-refractivity contribution is 0.495. The maximum Gasteiger partial charge on any atom is 0.119 e. The lowest BCUT2D eigenvalue weighted by Crippen LogP contribution is -2.10. The van der Waals surface area contributed by atoms with Gasteiger partial charge >= 0.3 is 0 Å². The lowest BCUT2D eigenvalue weighted by atomic mass is 9.85. The summed E-state index contributed by atoms with van der Waals surface area (Å²) in [4.78, 5) is 0. The van der Waals surface area contributed by atoms with Crippen molar-refractivity contribution in [2.45, 2.75) is 20.8 Å². The van der Waals surface area contributed by atoms with Gasteiger partial charge in [0, 0.05) is 0 Å². The van der Waals surface area contributed by atoms with Crippen molar-refractivity contribution in [2.75, 3.05) is 0 Å². The Hall–Kier alpha value is -0.660. The zero-order valence-electron chi connectivity index (χ0n) is 7.10. The first kappa shape index (κ1) is 10.3. The van der Waals surface area contributed by atoms with E-state index in [9.17, 15) is 4.39 Å². The van der Waals surface area contributed by atoms with Crippen molar-refractivity contribution < 1.29 is 9.09 Å². The highest BCUT2D eigenvalue weighted by Crippen LogP contribution is 2.28. The second-order valence-electron chi connectivity index (χ2n) is 3.09. The van der Waals surface area contributed by atoms with Crippen LogP contribution in [0.15, 0.2) is 23.6 Å². The minimum atomic E-state index is -0.0805. The van der Waals surface area contributed by atoms with Crippen molar-refractivity contribution >= 4 is 0 Å². The fourth-order valence-corrected chi connectivity index (χ4v) is 1.21. The number of allylic oxidation sites excluding steroid dienone is 4. The number of halogens is 2.